The number of ether oxygens (including phenoxy) is 1. The Morgan fingerprint density at radius 3 is 2.67 bits per heavy atom. The third kappa shape index (κ3) is 3.58. The normalized spacial score (nSPS) is 31.0. The zero-order chi connectivity index (χ0) is 14.9. The molecule has 1 aliphatic carbocycles. The summed E-state index contributed by atoms with van der Waals surface area (Å²) in [6, 6.07) is 0. The van der Waals surface area contributed by atoms with Crippen LogP contribution in [0.5, 0.6) is 0 Å². The van der Waals surface area contributed by atoms with Crippen molar-refractivity contribution < 1.29 is 9.53 Å². The SMILES string of the molecule is CC(N)(C(=O)N1CCCN(CC2CCCO2)CC1)C1CC1. The minimum atomic E-state index is -0.649. The van der Waals surface area contributed by atoms with Crippen LogP contribution in [0.1, 0.15) is 39.0 Å². The average Bonchev–Trinajstić information content (AvgIpc) is 3.24. The first-order valence-electron chi connectivity index (χ1n) is 8.49. The molecular formula is C16H29N3O2. The Bertz CT molecular complexity index is 376. The van der Waals surface area contributed by atoms with Gasteiger partial charge in [0.15, 0.2) is 0 Å². The minimum Gasteiger partial charge on any atom is -0.377 e. The van der Waals surface area contributed by atoms with E-state index < -0.39 is 5.54 Å². The molecule has 2 heterocycles. The van der Waals surface area contributed by atoms with Crippen molar-refractivity contribution >= 4 is 5.91 Å². The number of nitrogens with two attached hydrogens (primary N) is 1. The smallest absolute Gasteiger partial charge is 0.242 e. The first kappa shape index (κ1) is 15.3. The van der Waals surface area contributed by atoms with Crippen LogP contribution >= 0.6 is 0 Å². The molecule has 3 fully saturated rings. The molecule has 0 aromatic rings. The fourth-order valence-electron chi connectivity index (χ4n) is 3.63. The number of rotatable bonds is 4. The summed E-state index contributed by atoms with van der Waals surface area (Å²) in [7, 11) is 0. The number of hydrogen-bond acceptors (Lipinski definition) is 4. The summed E-state index contributed by atoms with van der Waals surface area (Å²) >= 11 is 0. The Hall–Kier alpha value is -0.650. The van der Waals surface area contributed by atoms with Crippen LogP contribution in [0.2, 0.25) is 0 Å². The average molecular weight is 295 g/mol. The molecule has 21 heavy (non-hydrogen) atoms. The van der Waals surface area contributed by atoms with Gasteiger partial charge in [-0.25, -0.2) is 0 Å². The van der Waals surface area contributed by atoms with E-state index in [0.29, 0.717) is 12.0 Å². The third-order valence-corrected chi connectivity index (χ3v) is 5.25. The second kappa shape index (κ2) is 6.23. The maximum atomic E-state index is 12.7. The van der Waals surface area contributed by atoms with Crippen LogP contribution < -0.4 is 5.73 Å². The number of carbonyl (C=O) groups excluding carboxylic acids is 1. The highest BCUT2D eigenvalue weighted by Gasteiger charge is 2.46. The predicted octanol–water partition coefficient (Wildman–Crippen LogP) is 0.827. The van der Waals surface area contributed by atoms with Crippen LogP contribution in [-0.4, -0.2) is 66.7 Å². The van der Waals surface area contributed by atoms with E-state index in [1.807, 2.05) is 11.8 Å². The zero-order valence-corrected chi connectivity index (χ0v) is 13.2. The van der Waals surface area contributed by atoms with E-state index in [1.54, 1.807) is 0 Å². The van der Waals surface area contributed by atoms with Crippen molar-refractivity contribution in [3.63, 3.8) is 0 Å². The van der Waals surface area contributed by atoms with E-state index in [4.69, 9.17) is 10.5 Å². The van der Waals surface area contributed by atoms with Gasteiger partial charge in [0.1, 0.15) is 0 Å². The molecule has 1 saturated carbocycles. The monoisotopic (exact) mass is 295 g/mol. The van der Waals surface area contributed by atoms with Gasteiger partial charge in [-0.15, -0.1) is 0 Å². The lowest BCUT2D eigenvalue weighted by Crippen LogP contribution is -2.55. The summed E-state index contributed by atoms with van der Waals surface area (Å²) in [5.74, 6) is 0.556. The Morgan fingerprint density at radius 2 is 2.00 bits per heavy atom. The lowest BCUT2D eigenvalue weighted by atomic mass is 9.95. The van der Waals surface area contributed by atoms with E-state index >= 15 is 0 Å². The van der Waals surface area contributed by atoms with Crippen LogP contribution in [0.3, 0.4) is 0 Å². The molecular weight excluding hydrogens is 266 g/mol. The van der Waals surface area contributed by atoms with E-state index in [9.17, 15) is 4.79 Å². The highest BCUT2D eigenvalue weighted by atomic mass is 16.5. The molecule has 120 valence electrons. The Labute approximate surface area is 127 Å². The van der Waals surface area contributed by atoms with Crippen molar-refractivity contribution in [3.8, 4) is 0 Å². The summed E-state index contributed by atoms with van der Waals surface area (Å²) in [5.41, 5.74) is 5.64. The summed E-state index contributed by atoms with van der Waals surface area (Å²) in [6.07, 6.45) is 6.03. The van der Waals surface area contributed by atoms with Crippen LogP contribution in [0.25, 0.3) is 0 Å². The Morgan fingerprint density at radius 1 is 1.19 bits per heavy atom. The fraction of sp³-hybridized carbons (Fsp3) is 0.938. The summed E-state index contributed by atoms with van der Waals surface area (Å²) in [4.78, 5) is 17.1. The second-order valence-corrected chi connectivity index (χ2v) is 7.14. The number of nitrogens with zero attached hydrogens (tertiary/aromatic N) is 2. The summed E-state index contributed by atoms with van der Waals surface area (Å²) in [5, 5.41) is 0. The van der Waals surface area contributed by atoms with Gasteiger partial charge in [-0.2, -0.15) is 0 Å². The van der Waals surface area contributed by atoms with Gasteiger partial charge in [0, 0.05) is 32.8 Å². The largest absolute Gasteiger partial charge is 0.377 e. The highest BCUT2D eigenvalue weighted by molar-refractivity contribution is 5.86. The molecule has 2 unspecified atom stereocenters. The molecule has 0 bridgehead atoms. The van der Waals surface area contributed by atoms with Gasteiger partial charge >= 0.3 is 0 Å². The Balaban J connectivity index is 1.51. The Kier molecular flexibility index (Phi) is 4.52. The van der Waals surface area contributed by atoms with Gasteiger partial charge in [-0.3, -0.25) is 9.69 Å². The van der Waals surface area contributed by atoms with Crippen molar-refractivity contribution in [3.05, 3.63) is 0 Å². The standard InChI is InChI=1S/C16H29N3O2/c1-16(17,13-5-6-13)15(20)19-8-3-7-18(9-10-19)12-14-4-2-11-21-14/h13-14H,2-12,17H2,1H3. The van der Waals surface area contributed by atoms with Gasteiger partial charge in [-0.05, 0) is 51.5 Å². The third-order valence-electron chi connectivity index (χ3n) is 5.25. The van der Waals surface area contributed by atoms with E-state index in [-0.39, 0.29) is 5.91 Å². The van der Waals surface area contributed by atoms with E-state index in [2.05, 4.69) is 4.90 Å². The minimum absolute atomic E-state index is 0.156. The van der Waals surface area contributed by atoms with E-state index in [0.717, 1.165) is 58.6 Å². The number of amides is 1. The molecule has 2 atom stereocenters. The van der Waals surface area contributed by atoms with Crippen molar-refractivity contribution in [2.24, 2.45) is 11.7 Å². The van der Waals surface area contributed by atoms with Crippen molar-refractivity contribution in [2.75, 3.05) is 39.3 Å². The van der Waals surface area contributed by atoms with Crippen LogP contribution in [0.15, 0.2) is 0 Å². The molecule has 0 radical (unpaired) electrons. The molecule has 3 aliphatic rings. The quantitative estimate of drug-likeness (QED) is 0.834. The molecule has 0 aromatic carbocycles. The van der Waals surface area contributed by atoms with Crippen LogP contribution in [0, 0.1) is 5.92 Å². The second-order valence-electron chi connectivity index (χ2n) is 7.14. The zero-order valence-electron chi connectivity index (χ0n) is 13.2. The van der Waals surface area contributed by atoms with Crippen LogP contribution in [0.4, 0.5) is 0 Å². The first-order chi connectivity index (χ1) is 10.1. The van der Waals surface area contributed by atoms with E-state index in [1.165, 1.54) is 12.8 Å². The molecule has 2 N–H and O–H groups in total. The fourth-order valence-corrected chi connectivity index (χ4v) is 3.63. The van der Waals surface area contributed by atoms with Gasteiger partial charge in [0.2, 0.25) is 5.91 Å². The highest BCUT2D eigenvalue weighted by Crippen LogP contribution is 2.39. The number of hydrogen-bond donors (Lipinski definition) is 1. The van der Waals surface area contributed by atoms with Gasteiger partial charge in [0.05, 0.1) is 11.6 Å². The topological polar surface area (TPSA) is 58.8 Å². The predicted molar refractivity (Wildman–Crippen MR) is 81.9 cm³/mol. The molecule has 2 aliphatic heterocycles. The summed E-state index contributed by atoms with van der Waals surface area (Å²) < 4.78 is 5.72. The number of carbonyl (C=O) groups is 1. The first-order valence-corrected chi connectivity index (χ1v) is 8.49. The van der Waals surface area contributed by atoms with Gasteiger partial charge in [-0.1, -0.05) is 0 Å². The van der Waals surface area contributed by atoms with Crippen LogP contribution in [-0.2, 0) is 9.53 Å². The lowest BCUT2D eigenvalue weighted by molar-refractivity contribution is -0.137. The molecule has 5 heteroatoms. The van der Waals surface area contributed by atoms with Gasteiger partial charge in [0.25, 0.3) is 0 Å². The van der Waals surface area contributed by atoms with Crippen molar-refractivity contribution in [2.45, 2.75) is 50.7 Å². The maximum absolute atomic E-state index is 12.7. The molecule has 0 aromatic heterocycles. The maximum Gasteiger partial charge on any atom is 0.242 e. The summed E-state index contributed by atoms with van der Waals surface area (Å²) in [6.45, 7) is 7.52. The van der Waals surface area contributed by atoms with Crippen molar-refractivity contribution in [1.82, 2.24) is 9.80 Å². The molecule has 2 saturated heterocycles. The molecule has 0 spiro atoms. The lowest BCUT2D eigenvalue weighted by Gasteiger charge is -2.31. The molecule has 5 nitrogen and oxygen atoms in total. The van der Waals surface area contributed by atoms with Gasteiger partial charge < -0.3 is 15.4 Å². The molecule has 3 rings (SSSR count). The molecule has 1 amide bonds. The van der Waals surface area contributed by atoms with Crippen molar-refractivity contribution in [1.29, 1.82) is 0 Å².